The first-order valence-electron chi connectivity index (χ1n) is 6.53. The molecule has 0 atom stereocenters. The van der Waals surface area contributed by atoms with Crippen LogP contribution in [-0.4, -0.2) is 50.0 Å². The molecular weight excluding hydrogens is 240 g/mol. The summed E-state index contributed by atoms with van der Waals surface area (Å²) in [6, 6.07) is 2.11. The van der Waals surface area contributed by atoms with Crippen LogP contribution in [0.2, 0.25) is 0 Å². The molecule has 1 heterocycles. The number of carbonyl (C=O) groups is 1. The number of hydrogen-bond acceptors (Lipinski definition) is 4. The summed E-state index contributed by atoms with van der Waals surface area (Å²) < 4.78 is 0. The average molecular weight is 264 g/mol. The van der Waals surface area contributed by atoms with Gasteiger partial charge < -0.3 is 15.1 Å². The van der Waals surface area contributed by atoms with E-state index < -0.39 is 0 Å². The van der Waals surface area contributed by atoms with E-state index in [4.69, 9.17) is 0 Å². The van der Waals surface area contributed by atoms with Gasteiger partial charge in [0.05, 0.1) is 6.54 Å². The molecule has 19 heavy (non-hydrogen) atoms. The fourth-order valence-corrected chi connectivity index (χ4v) is 1.81. The van der Waals surface area contributed by atoms with Gasteiger partial charge in [-0.15, -0.1) is 0 Å². The Morgan fingerprint density at radius 3 is 2.58 bits per heavy atom. The number of aryl methyl sites for hydroxylation is 1. The minimum Gasteiger partial charge on any atom is -0.350 e. The quantitative estimate of drug-likeness (QED) is 0.833. The van der Waals surface area contributed by atoms with Gasteiger partial charge in [-0.2, -0.15) is 0 Å². The maximum absolute atomic E-state index is 11.7. The highest BCUT2D eigenvalue weighted by molar-refractivity contribution is 5.80. The number of likely N-dealkylation sites (N-methyl/N-ethyl adjacent to an activating group) is 2. The zero-order valence-corrected chi connectivity index (χ0v) is 12.5. The Morgan fingerprint density at radius 2 is 2.05 bits per heavy atom. The van der Waals surface area contributed by atoms with Gasteiger partial charge in [0.2, 0.25) is 5.91 Å². The van der Waals surface area contributed by atoms with Crippen LogP contribution in [0.25, 0.3) is 0 Å². The molecule has 1 aromatic heterocycles. The molecule has 1 rings (SSSR count). The summed E-state index contributed by atoms with van der Waals surface area (Å²) in [5.41, 5.74) is 2.25. The normalized spacial score (nSPS) is 10.4. The molecule has 1 N–H and O–H groups in total. The number of rotatable bonds is 6. The van der Waals surface area contributed by atoms with Crippen molar-refractivity contribution in [2.75, 3.05) is 39.1 Å². The van der Waals surface area contributed by atoms with Crippen molar-refractivity contribution in [2.45, 2.75) is 20.4 Å². The Balaban J connectivity index is 2.75. The molecule has 0 radical (unpaired) electrons. The summed E-state index contributed by atoms with van der Waals surface area (Å²) in [5.74, 6) is 0.927. The van der Waals surface area contributed by atoms with Crippen LogP contribution in [0.3, 0.4) is 0 Å². The van der Waals surface area contributed by atoms with Crippen molar-refractivity contribution in [3.63, 3.8) is 0 Å². The van der Waals surface area contributed by atoms with Gasteiger partial charge in [0.1, 0.15) is 5.82 Å². The van der Waals surface area contributed by atoms with Crippen LogP contribution in [-0.2, 0) is 11.3 Å². The maximum atomic E-state index is 11.7. The number of carbonyl (C=O) groups excluding carboxylic acids is 1. The molecule has 0 aliphatic heterocycles. The summed E-state index contributed by atoms with van der Waals surface area (Å²) in [6.07, 6.45) is 1.86. The van der Waals surface area contributed by atoms with Crippen molar-refractivity contribution in [1.29, 1.82) is 0 Å². The minimum atomic E-state index is 0.0698. The van der Waals surface area contributed by atoms with Gasteiger partial charge in [-0.3, -0.25) is 4.79 Å². The van der Waals surface area contributed by atoms with Crippen LogP contribution in [0.1, 0.15) is 18.1 Å². The fourth-order valence-electron chi connectivity index (χ4n) is 1.81. The molecule has 0 saturated carbocycles. The molecule has 0 fully saturated rings. The summed E-state index contributed by atoms with van der Waals surface area (Å²) in [7, 11) is 5.41. The molecule has 0 aromatic carbocycles. The molecule has 0 bridgehead atoms. The van der Waals surface area contributed by atoms with Crippen LogP contribution in [0.15, 0.2) is 12.3 Å². The lowest BCUT2D eigenvalue weighted by Crippen LogP contribution is -2.35. The number of pyridine rings is 1. The van der Waals surface area contributed by atoms with E-state index in [0.717, 1.165) is 30.0 Å². The van der Waals surface area contributed by atoms with Crippen LogP contribution >= 0.6 is 0 Å². The molecule has 0 saturated heterocycles. The molecule has 5 heteroatoms. The van der Waals surface area contributed by atoms with E-state index in [9.17, 15) is 4.79 Å². The fraction of sp³-hybridized carbons (Fsp3) is 0.571. The van der Waals surface area contributed by atoms with Gasteiger partial charge in [0.15, 0.2) is 0 Å². The number of amides is 1. The average Bonchev–Trinajstić information content (AvgIpc) is 2.35. The molecule has 5 nitrogen and oxygen atoms in total. The Morgan fingerprint density at radius 1 is 1.37 bits per heavy atom. The van der Waals surface area contributed by atoms with Crippen LogP contribution in [0.5, 0.6) is 0 Å². The standard InChI is InChI=1S/C14H24N4O/c1-6-15-8-12-7-11(2)14(16-9-12)18(5)10-13(19)17(3)4/h7,9,15H,6,8,10H2,1-5H3. The van der Waals surface area contributed by atoms with Crippen molar-refractivity contribution < 1.29 is 4.79 Å². The first kappa shape index (κ1) is 15.4. The highest BCUT2D eigenvalue weighted by Crippen LogP contribution is 2.16. The minimum absolute atomic E-state index is 0.0698. The Hall–Kier alpha value is -1.62. The van der Waals surface area contributed by atoms with Crippen molar-refractivity contribution in [1.82, 2.24) is 15.2 Å². The number of aromatic nitrogens is 1. The second-order valence-corrected chi connectivity index (χ2v) is 4.91. The third-order valence-electron chi connectivity index (χ3n) is 2.92. The van der Waals surface area contributed by atoms with E-state index in [-0.39, 0.29) is 5.91 Å². The topological polar surface area (TPSA) is 48.5 Å². The van der Waals surface area contributed by atoms with Crippen LogP contribution < -0.4 is 10.2 Å². The van der Waals surface area contributed by atoms with Crippen molar-refractivity contribution in [3.05, 3.63) is 23.4 Å². The number of hydrogen-bond donors (Lipinski definition) is 1. The predicted octanol–water partition coefficient (Wildman–Crippen LogP) is 1.02. The van der Waals surface area contributed by atoms with E-state index in [1.165, 1.54) is 0 Å². The zero-order valence-electron chi connectivity index (χ0n) is 12.5. The second kappa shape index (κ2) is 7.09. The third-order valence-corrected chi connectivity index (χ3v) is 2.92. The largest absolute Gasteiger partial charge is 0.350 e. The molecule has 0 spiro atoms. The summed E-state index contributed by atoms with van der Waals surface area (Å²) in [4.78, 5) is 19.6. The molecular formula is C14H24N4O. The zero-order chi connectivity index (χ0) is 14.4. The van der Waals surface area contributed by atoms with Crippen molar-refractivity contribution >= 4 is 11.7 Å². The lowest BCUT2D eigenvalue weighted by molar-refractivity contribution is -0.127. The Kier molecular flexibility index (Phi) is 5.76. The smallest absolute Gasteiger partial charge is 0.241 e. The van der Waals surface area contributed by atoms with E-state index in [1.54, 1.807) is 19.0 Å². The third kappa shape index (κ3) is 4.52. The lowest BCUT2D eigenvalue weighted by Gasteiger charge is -2.22. The van der Waals surface area contributed by atoms with Gasteiger partial charge in [-0.25, -0.2) is 4.98 Å². The van der Waals surface area contributed by atoms with Crippen molar-refractivity contribution in [3.8, 4) is 0 Å². The Bertz CT molecular complexity index is 431. The summed E-state index contributed by atoms with van der Waals surface area (Å²) >= 11 is 0. The van der Waals surface area contributed by atoms with Gasteiger partial charge in [-0.1, -0.05) is 6.92 Å². The van der Waals surface area contributed by atoms with E-state index in [0.29, 0.717) is 6.54 Å². The highest BCUT2D eigenvalue weighted by Gasteiger charge is 2.12. The molecule has 1 amide bonds. The first-order valence-corrected chi connectivity index (χ1v) is 6.53. The van der Waals surface area contributed by atoms with E-state index in [1.807, 2.05) is 25.1 Å². The lowest BCUT2D eigenvalue weighted by atomic mass is 10.2. The van der Waals surface area contributed by atoms with Crippen molar-refractivity contribution in [2.24, 2.45) is 0 Å². The van der Waals surface area contributed by atoms with Gasteiger partial charge in [0.25, 0.3) is 0 Å². The van der Waals surface area contributed by atoms with Crippen LogP contribution in [0, 0.1) is 6.92 Å². The van der Waals surface area contributed by atoms with E-state index >= 15 is 0 Å². The monoisotopic (exact) mass is 264 g/mol. The van der Waals surface area contributed by atoms with Crippen LogP contribution in [0.4, 0.5) is 5.82 Å². The SMILES string of the molecule is CCNCc1cnc(N(C)CC(=O)N(C)C)c(C)c1. The molecule has 0 aliphatic carbocycles. The second-order valence-electron chi connectivity index (χ2n) is 4.91. The molecule has 1 aromatic rings. The highest BCUT2D eigenvalue weighted by atomic mass is 16.2. The summed E-state index contributed by atoms with van der Waals surface area (Å²) in [5, 5.41) is 3.27. The molecule has 106 valence electrons. The predicted molar refractivity (Wildman–Crippen MR) is 78.3 cm³/mol. The number of nitrogens with one attached hydrogen (secondary N) is 1. The van der Waals surface area contributed by atoms with Gasteiger partial charge in [0, 0.05) is 33.9 Å². The Labute approximate surface area is 115 Å². The first-order chi connectivity index (χ1) is 8.95. The summed E-state index contributed by atoms with van der Waals surface area (Å²) in [6.45, 7) is 6.21. The number of anilines is 1. The van der Waals surface area contributed by atoms with Gasteiger partial charge in [-0.05, 0) is 30.7 Å². The molecule has 0 aliphatic rings. The van der Waals surface area contributed by atoms with Gasteiger partial charge >= 0.3 is 0 Å². The number of nitrogens with zero attached hydrogens (tertiary/aromatic N) is 3. The molecule has 0 unspecified atom stereocenters. The maximum Gasteiger partial charge on any atom is 0.241 e. The van der Waals surface area contributed by atoms with E-state index in [2.05, 4.69) is 23.3 Å².